The van der Waals surface area contributed by atoms with Crippen molar-refractivity contribution in [3.8, 4) is 0 Å². The molecule has 0 aliphatic heterocycles. The highest BCUT2D eigenvalue weighted by molar-refractivity contribution is 14.0. The minimum atomic E-state index is -0.206. The number of rotatable bonds is 6. The summed E-state index contributed by atoms with van der Waals surface area (Å²) >= 11 is 0. The van der Waals surface area contributed by atoms with Crippen LogP contribution in [0.3, 0.4) is 0 Å². The molecule has 6 nitrogen and oxygen atoms in total. The average Bonchev–Trinajstić information content (AvgIpc) is 2.91. The van der Waals surface area contributed by atoms with Crippen LogP contribution in [0.15, 0.2) is 39.9 Å². The molecule has 7 heteroatoms. The van der Waals surface area contributed by atoms with Gasteiger partial charge in [0.1, 0.15) is 0 Å². The molecule has 1 amide bonds. The molecular formula is C18H25IN4O2. The molecular weight excluding hydrogens is 431 g/mol. The first-order chi connectivity index (χ1) is 11.5. The molecule has 25 heavy (non-hydrogen) atoms. The third kappa shape index (κ3) is 6.77. The summed E-state index contributed by atoms with van der Waals surface area (Å²) in [5.41, 5.74) is 9.97. The van der Waals surface area contributed by atoms with Crippen LogP contribution in [0.2, 0.25) is 0 Å². The van der Waals surface area contributed by atoms with E-state index >= 15 is 0 Å². The highest BCUT2D eigenvalue weighted by Gasteiger charge is 2.11. The van der Waals surface area contributed by atoms with E-state index in [9.17, 15) is 4.79 Å². The van der Waals surface area contributed by atoms with Crippen LogP contribution < -0.4 is 16.4 Å². The third-order valence-corrected chi connectivity index (χ3v) is 3.47. The molecule has 0 unspecified atom stereocenters. The van der Waals surface area contributed by atoms with Crippen molar-refractivity contribution < 1.29 is 9.21 Å². The lowest BCUT2D eigenvalue weighted by molar-refractivity contribution is 0.0925. The fourth-order valence-corrected chi connectivity index (χ4v) is 2.40. The van der Waals surface area contributed by atoms with Crippen molar-refractivity contribution in [2.75, 3.05) is 18.4 Å². The number of hydrogen-bond acceptors (Lipinski definition) is 3. The number of benzene rings is 1. The zero-order valence-electron chi connectivity index (χ0n) is 14.8. The standard InChI is InChI=1S/C18H24N4O2.HI/c1-12-9-13(2)11-15(10-12)22-18(19)21-7-4-6-20-17(23)16-14(3)5-8-24-16;/h5,8-11H,4,6-7H2,1-3H3,(H,20,23)(H3,19,21,22);1H. The Labute approximate surface area is 165 Å². The lowest BCUT2D eigenvalue weighted by atomic mass is 10.1. The minimum Gasteiger partial charge on any atom is -0.459 e. The highest BCUT2D eigenvalue weighted by atomic mass is 127. The van der Waals surface area contributed by atoms with Crippen LogP contribution in [0, 0.1) is 20.8 Å². The fraction of sp³-hybridized carbons (Fsp3) is 0.333. The van der Waals surface area contributed by atoms with Crippen molar-refractivity contribution in [1.82, 2.24) is 5.32 Å². The number of carbonyl (C=O) groups excluding carboxylic acids is 1. The molecule has 1 aromatic carbocycles. The number of hydrogen-bond donors (Lipinski definition) is 3. The summed E-state index contributed by atoms with van der Waals surface area (Å²) in [6.07, 6.45) is 2.20. The molecule has 2 rings (SSSR count). The van der Waals surface area contributed by atoms with Crippen LogP contribution in [-0.2, 0) is 0 Å². The van der Waals surface area contributed by atoms with Crippen LogP contribution in [0.5, 0.6) is 0 Å². The topological polar surface area (TPSA) is 92.6 Å². The maximum Gasteiger partial charge on any atom is 0.287 e. The summed E-state index contributed by atoms with van der Waals surface area (Å²) in [7, 11) is 0. The minimum absolute atomic E-state index is 0. The molecule has 0 atom stereocenters. The van der Waals surface area contributed by atoms with Gasteiger partial charge in [0, 0.05) is 24.3 Å². The molecule has 0 aliphatic carbocycles. The molecule has 4 N–H and O–H groups in total. The van der Waals surface area contributed by atoms with E-state index in [1.54, 1.807) is 6.07 Å². The number of halogens is 1. The number of nitrogens with one attached hydrogen (secondary N) is 2. The van der Waals surface area contributed by atoms with Crippen molar-refractivity contribution in [2.24, 2.45) is 10.7 Å². The van der Waals surface area contributed by atoms with Crippen LogP contribution in [0.4, 0.5) is 5.69 Å². The number of nitrogens with two attached hydrogens (primary N) is 1. The first-order valence-corrected chi connectivity index (χ1v) is 7.93. The second-order valence-electron chi connectivity index (χ2n) is 5.81. The SMILES string of the molecule is Cc1cc(C)cc(NC(N)=NCCCNC(=O)c2occc2C)c1.I. The van der Waals surface area contributed by atoms with Gasteiger partial charge in [0.05, 0.1) is 6.26 Å². The Morgan fingerprint density at radius 3 is 2.48 bits per heavy atom. The lowest BCUT2D eigenvalue weighted by Gasteiger charge is -2.08. The zero-order chi connectivity index (χ0) is 17.5. The smallest absolute Gasteiger partial charge is 0.287 e. The highest BCUT2D eigenvalue weighted by Crippen LogP contribution is 2.13. The predicted molar refractivity (Wildman–Crippen MR) is 112 cm³/mol. The second kappa shape index (κ2) is 10.1. The summed E-state index contributed by atoms with van der Waals surface area (Å²) in [5.74, 6) is 0.519. The van der Waals surface area contributed by atoms with Gasteiger partial charge in [-0.05, 0) is 56.5 Å². The van der Waals surface area contributed by atoms with Gasteiger partial charge in [-0.1, -0.05) is 6.07 Å². The Hall–Kier alpha value is -2.03. The van der Waals surface area contributed by atoms with Crippen molar-refractivity contribution >= 4 is 41.5 Å². The molecule has 0 saturated carbocycles. The van der Waals surface area contributed by atoms with Crippen LogP contribution in [0.25, 0.3) is 0 Å². The Morgan fingerprint density at radius 2 is 1.88 bits per heavy atom. The van der Waals surface area contributed by atoms with Gasteiger partial charge in [0.15, 0.2) is 11.7 Å². The first-order valence-electron chi connectivity index (χ1n) is 7.93. The summed E-state index contributed by atoms with van der Waals surface area (Å²) in [6.45, 7) is 6.95. The molecule has 0 spiro atoms. The molecule has 0 radical (unpaired) electrons. The Bertz CT molecular complexity index is 720. The number of amides is 1. The number of carbonyl (C=O) groups is 1. The normalized spacial score (nSPS) is 10.9. The second-order valence-corrected chi connectivity index (χ2v) is 5.81. The third-order valence-electron chi connectivity index (χ3n) is 3.47. The Morgan fingerprint density at radius 1 is 1.20 bits per heavy atom. The van der Waals surface area contributed by atoms with Gasteiger partial charge in [0.25, 0.3) is 5.91 Å². The largest absolute Gasteiger partial charge is 0.459 e. The van der Waals surface area contributed by atoms with E-state index in [1.807, 2.05) is 32.9 Å². The summed E-state index contributed by atoms with van der Waals surface area (Å²) in [5, 5.41) is 5.88. The van der Waals surface area contributed by atoms with E-state index in [-0.39, 0.29) is 29.9 Å². The number of guanidine groups is 1. The van der Waals surface area contributed by atoms with Gasteiger partial charge < -0.3 is 20.8 Å². The predicted octanol–water partition coefficient (Wildman–Crippen LogP) is 3.37. The number of anilines is 1. The molecule has 1 aromatic heterocycles. The number of aryl methyl sites for hydroxylation is 3. The van der Waals surface area contributed by atoms with E-state index < -0.39 is 0 Å². The van der Waals surface area contributed by atoms with Gasteiger partial charge in [-0.2, -0.15) is 0 Å². The maximum atomic E-state index is 11.9. The van der Waals surface area contributed by atoms with Gasteiger partial charge in [-0.15, -0.1) is 24.0 Å². The summed E-state index contributed by atoms with van der Waals surface area (Å²) in [6, 6.07) is 7.89. The number of aliphatic imine (C=N–C) groups is 1. The summed E-state index contributed by atoms with van der Waals surface area (Å²) in [4.78, 5) is 16.1. The van der Waals surface area contributed by atoms with Gasteiger partial charge in [0.2, 0.25) is 0 Å². The molecule has 0 saturated heterocycles. The molecule has 0 aliphatic rings. The van der Waals surface area contributed by atoms with Crippen molar-refractivity contribution in [2.45, 2.75) is 27.2 Å². The van der Waals surface area contributed by atoms with Crippen LogP contribution in [-0.4, -0.2) is 25.0 Å². The Balaban J connectivity index is 0.00000312. The van der Waals surface area contributed by atoms with Crippen molar-refractivity contribution in [1.29, 1.82) is 0 Å². The maximum absolute atomic E-state index is 11.9. The van der Waals surface area contributed by atoms with Crippen molar-refractivity contribution in [3.63, 3.8) is 0 Å². The lowest BCUT2D eigenvalue weighted by Crippen LogP contribution is -2.26. The van der Waals surface area contributed by atoms with E-state index in [1.165, 1.54) is 17.4 Å². The fourth-order valence-electron chi connectivity index (χ4n) is 2.40. The molecule has 0 bridgehead atoms. The molecule has 1 heterocycles. The number of furan rings is 1. The molecule has 2 aromatic rings. The van der Waals surface area contributed by atoms with E-state index in [0.29, 0.717) is 31.2 Å². The Kier molecular flexibility index (Phi) is 8.47. The molecule has 136 valence electrons. The average molecular weight is 456 g/mol. The monoisotopic (exact) mass is 456 g/mol. The quantitative estimate of drug-likeness (QED) is 0.269. The van der Waals surface area contributed by atoms with Gasteiger partial charge in [-0.25, -0.2) is 0 Å². The van der Waals surface area contributed by atoms with Gasteiger partial charge in [-0.3, -0.25) is 9.79 Å². The van der Waals surface area contributed by atoms with E-state index in [2.05, 4.69) is 21.7 Å². The van der Waals surface area contributed by atoms with Crippen molar-refractivity contribution in [3.05, 3.63) is 53.0 Å². The van der Waals surface area contributed by atoms with E-state index in [4.69, 9.17) is 10.2 Å². The zero-order valence-corrected chi connectivity index (χ0v) is 17.1. The van der Waals surface area contributed by atoms with Crippen LogP contribution >= 0.6 is 24.0 Å². The first kappa shape index (κ1) is 21.0. The van der Waals surface area contributed by atoms with E-state index in [0.717, 1.165) is 11.3 Å². The molecule has 0 fully saturated rings. The van der Waals surface area contributed by atoms with Crippen LogP contribution in [0.1, 0.15) is 33.7 Å². The summed E-state index contributed by atoms with van der Waals surface area (Å²) < 4.78 is 5.14. The number of nitrogens with zero attached hydrogens (tertiary/aromatic N) is 1. The van der Waals surface area contributed by atoms with Gasteiger partial charge >= 0.3 is 0 Å².